The normalized spacial score (nSPS) is 16.3. The third-order valence-electron chi connectivity index (χ3n) is 4.99. The Balaban J connectivity index is 1.58. The highest BCUT2D eigenvalue weighted by molar-refractivity contribution is 5.80. The third kappa shape index (κ3) is 4.33. The maximum absolute atomic E-state index is 12.8. The minimum Gasteiger partial charge on any atom is -0.358 e. The molecule has 1 aliphatic heterocycles. The summed E-state index contributed by atoms with van der Waals surface area (Å²) < 4.78 is 1.44. The number of rotatable bonds is 5. The van der Waals surface area contributed by atoms with Crippen LogP contribution in [-0.2, 0) is 11.3 Å². The highest BCUT2D eigenvalue weighted by Gasteiger charge is 2.30. The zero-order chi connectivity index (χ0) is 19.6. The van der Waals surface area contributed by atoms with E-state index in [1.807, 2.05) is 4.90 Å². The summed E-state index contributed by atoms with van der Waals surface area (Å²) in [4.78, 5) is 27.3. The maximum atomic E-state index is 12.8. The smallest absolute Gasteiger partial charge is 0.358 e. The summed E-state index contributed by atoms with van der Waals surface area (Å²) in [6.07, 6.45) is 0. The molecule has 0 saturated carbocycles. The number of aromatic nitrogens is 2. The van der Waals surface area contributed by atoms with E-state index in [-0.39, 0.29) is 11.7 Å². The van der Waals surface area contributed by atoms with Crippen molar-refractivity contribution in [1.82, 2.24) is 19.6 Å². The van der Waals surface area contributed by atoms with E-state index in [2.05, 4.69) is 41.2 Å². The topological polar surface area (TPSA) is 84.5 Å². The van der Waals surface area contributed by atoms with Crippen LogP contribution in [0.3, 0.4) is 0 Å². The molecule has 1 aromatic carbocycles. The van der Waals surface area contributed by atoms with Crippen molar-refractivity contribution in [3.63, 3.8) is 0 Å². The number of hydrogen-bond donors (Lipinski definition) is 0. The Kier molecular flexibility index (Phi) is 5.55. The molecular weight excluding hydrogens is 346 g/mol. The molecule has 1 aromatic heterocycles. The summed E-state index contributed by atoms with van der Waals surface area (Å²) in [7, 11) is 0. The van der Waals surface area contributed by atoms with Gasteiger partial charge in [0.05, 0.1) is 16.9 Å². The Morgan fingerprint density at radius 1 is 1.22 bits per heavy atom. The van der Waals surface area contributed by atoms with Crippen molar-refractivity contribution in [1.29, 1.82) is 0 Å². The monoisotopic (exact) mass is 371 g/mol. The Morgan fingerprint density at radius 3 is 2.52 bits per heavy atom. The van der Waals surface area contributed by atoms with Gasteiger partial charge in [0.15, 0.2) is 0 Å². The molecule has 144 valence electrons. The molecular formula is C19H25N5O3. The van der Waals surface area contributed by atoms with E-state index in [9.17, 15) is 14.9 Å². The first-order valence-corrected chi connectivity index (χ1v) is 9.12. The molecule has 2 aromatic rings. The highest BCUT2D eigenvalue weighted by Crippen LogP contribution is 2.19. The number of nitro groups is 1. The average molecular weight is 371 g/mol. The van der Waals surface area contributed by atoms with E-state index in [0.717, 1.165) is 19.6 Å². The van der Waals surface area contributed by atoms with E-state index < -0.39 is 11.0 Å². The number of amides is 1. The molecule has 2 heterocycles. The molecule has 1 amide bonds. The lowest BCUT2D eigenvalue weighted by Gasteiger charge is -2.35. The van der Waals surface area contributed by atoms with Crippen molar-refractivity contribution in [2.75, 3.05) is 26.2 Å². The van der Waals surface area contributed by atoms with E-state index in [0.29, 0.717) is 18.8 Å². The van der Waals surface area contributed by atoms with Crippen LogP contribution in [0.1, 0.15) is 29.8 Å². The number of aryl methyl sites for hydroxylation is 2. The fourth-order valence-corrected chi connectivity index (χ4v) is 3.52. The van der Waals surface area contributed by atoms with Gasteiger partial charge in [0, 0.05) is 32.7 Å². The van der Waals surface area contributed by atoms with Gasteiger partial charge in [-0.3, -0.25) is 9.69 Å². The van der Waals surface area contributed by atoms with Crippen molar-refractivity contribution in [3.8, 4) is 0 Å². The quantitative estimate of drug-likeness (QED) is 0.595. The van der Waals surface area contributed by atoms with Crippen LogP contribution < -0.4 is 0 Å². The molecule has 1 fully saturated rings. The first kappa shape index (κ1) is 19.0. The number of piperazine rings is 1. The number of benzene rings is 1. The van der Waals surface area contributed by atoms with Gasteiger partial charge in [0.2, 0.25) is 5.91 Å². The number of hydrogen-bond acceptors (Lipinski definition) is 5. The van der Waals surface area contributed by atoms with E-state index in [1.54, 1.807) is 13.8 Å². The minimum atomic E-state index is -0.554. The van der Waals surface area contributed by atoms with Gasteiger partial charge in [-0.25, -0.2) is 0 Å². The van der Waals surface area contributed by atoms with Crippen LogP contribution >= 0.6 is 0 Å². The molecule has 0 aliphatic carbocycles. The van der Waals surface area contributed by atoms with Gasteiger partial charge in [-0.15, -0.1) is 0 Å². The van der Waals surface area contributed by atoms with Crippen molar-refractivity contribution >= 4 is 11.7 Å². The molecule has 1 aliphatic rings. The van der Waals surface area contributed by atoms with Gasteiger partial charge < -0.3 is 15.0 Å². The maximum Gasteiger partial charge on any atom is 0.390 e. The second-order valence-electron chi connectivity index (χ2n) is 7.11. The largest absolute Gasteiger partial charge is 0.390 e. The lowest BCUT2D eigenvalue weighted by molar-refractivity contribution is -0.389. The number of nitrogens with zero attached hydrogens (tertiary/aromatic N) is 5. The Labute approximate surface area is 158 Å². The van der Waals surface area contributed by atoms with E-state index in [1.165, 1.54) is 21.9 Å². The SMILES string of the molecule is Cc1cccc(CN2CCN(C(=O)C(C)n3nc([N+](=O)[O-])cc3C)CC2)c1. The summed E-state index contributed by atoms with van der Waals surface area (Å²) in [5.74, 6) is -0.276. The van der Waals surface area contributed by atoms with Gasteiger partial charge in [0.25, 0.3) is 0 Å². The van der Waals surface area contributed by atoms with Crippen molar-refractivity contribution in [2.24, 2.45) is 0 Å². The van der Waals surface area contributed by atoms with Crippen LogP contribution in [0, 0.1) is 24.0 Å². The van der Waals surface area contributed by atoms with Gasteiger partial charge in [-0.2, -0.15) is 4.68 Å². The minimum absolute atomic E-state index is 0.0497. The standard InChI is InChI=1S/C19H25N5O3/c1-14-5-4-6-17(11-14)13-21-7-9-22(10-8-21)19(25)16(3)23-15(2)12-18(20-23)24(26)27/h4-6,11-12,16H,7-10,13H2,1-3H3. The molecule has 27 heavy (non-hydrogen) atoms. The third-order valence-corrected chi connectivity index (χ3v) is 4.99. The van der Waals surface area contributed by atoms with E-state index in [4.69, 9.17) is 0 Å². The zero-order valence-electron chi connectivity index (χ0n) is 16.0. The summed E-state index contributed by atoms with van der Waals surface area (Å²) in [6.45, 7) is 9.35. The summed E-state index contributed by atoms with van der Waals surface area (Å²) in [5, 5.41) is 14.9. The molecule has 8 heteroatoms. The van der Waals surface area contributed by atoms with Gasteiger partial charge >= 0.3 is 5.82 Å². The highest BCUT2D eigenvalue weighted by atomic mass is 16.6. The molecule has 3 rings (SSSR count). The van der Waals surface area contributed by atoms with Gasteiger partial charge in [-0.05, 0) is 31.3 Å². The zero-order valence-corrected chi connectivity index (χ0v) is 16.0. The summed E-state index contributed by atoms with van der Waals surface area (Å²) >= 11 is 0. The number of carbonyl (C=O) groups excluding carboxylic acids is 1. The van der Waals surface area contributed by atoms with Crippen LogP contribution in [0.4, 0.5) is 5.82 Å². The lowest BCUT2D eigenvalue weighted by atomic mass is 10.1. The second kappa shape index (κ2) is 7.87. The first-order chi connectivity index (χ1) is 12.8. The number of carbonyl (C=O) groups is 1. The Hall–Kier alpha value is -2.74. The van der Waals surface area contributed by atoms with Gasteiger partial charge in [-0.1, -0.05) is 29.8 Å². The van der Waals surface area contributed by atoms with Crippen LogP contribution in [-0.4, -0.2) is 56.6 Å². The molecule has 1 saturated heterocycles. The Morgan fingerprint density at radius 2 is 1.93 bits per heavy atom. The summed E-state index contributed by atoms with van der Waals surface area (Å²) in [6, 6.07) is 9.30. The molecule has 8 nitrogen and oxygen atoms in total. The molecule has 0 spiro atoms. The average Bonchev–Trinajstić information content (AvgIpc) is 3.03. The molecule has 1 atom stereocenters. The fourth-order valence-electron chi connectivity index (χ4n) is 3.52. The molecule has 1 unspecified atom stereocenters. The van der Waals surface area contributed by atoms with E-state index >= 15 is 0 Å². The van der Waals surface area contributed by atoms with Crippen LogP contribution in [0.25, 0.3) is 0 Å². The fraction of sp³-hybridized carbons (Fsp3) is 0.474. The van der Waals surface area contributed by atoms with Crippen molar-refractivity contribution in [3.05, 3.63) is 57.3 Å². The van der Waals surface area contributed by atoms with Crippen LogP contribution in [0.5, 0.6) is 0 Å². The lowest BCUT2D eigenvalue weighted by Crippen LogP contribution is -2.50. The van der Waals surface area contributed by atoms with Gasteiger partial charge in [0.1, 0.15) is 6.04 Å². The Bertz CT molecular complexity index is 840. The molecule has 0 N–H and O–H groups in total. The van der Waals surface area contributed by atoms with Crippen molar-refractivity contribution in [2.45, 2.75) is 33.4 Å². The summed E-state index contributed by atoms with van der Waals surface area (Å²) in [5.41, 5.74) is 3.14. The molecule has 0 bridgehead atoms. The first-order valence-electron chi connectivity index (χ1n) is 9.12. The van der Waals surface area contributed by atoms with Crippen molar-refractivity contribution < 1.29 is 9.72 Å². The predicted octanol–water partition coefficient (Wildman–Crippen LogP) is 2.31. The van der Waals surface area contributed by atoms with Crippen LogP contribution in [0.2, 0.25) is 0 Å². The predicted molar refractivity (Wildman–Crippen MR) is 101 cm³/mol. The van der Waals surface area contributed by atoms with Crippen LogP contribution in [0.15, 0.2) is 30.3 Å². The second-order valence-corrected chi connectivity index (χ2v) is 7.11. The molecule has 0 radical (unpaired) electrons.